The highest BCUT2D eigenvalue weighted by Crippen LogP contribution is 2.39. The second kappa shape index (κ2) is 8.31. The molecule has 4 nitrogen and oxygen atoms in total. The van der Waals surface area contributed by atoms with Crippen LogP contribution in [0.4, 0.5) is 0 Å². The third-order valence-electron chi connectivity index (χ3n) is 5.22. The van der Waals surface area contributed by atoms with Crippen molar-refractivity contribution < 1.29 is 13.9 Å². The molecule has 0 saturated carbocycles. The lowest BCUT2D eigenvalue weighted by atomic mass is 10.1. The lowest BCUT2D eigenvalue weighted by molar-refractivity contribution is -0.0606. The average molecular weight is 366 g/mol. The summed E-state index contributed by atoms with van der Waals surface area (Å²) in [6, 6.07) is 10.2. The van der Waals surface area contributed by atoms with E-state index in [1.165, 1.54) is 5.56 Å². The van der Waals surface area contributed by atoms with Crippen molar-refractivity contribution in [2.75, 3.05) is 26.3 Å². The fourth-order valence-corrected chi connectivity index (χ4v) is 4.40. The zero-order chi connectivity index (χ0) is 18.6. The first-order chi connectivity index (χ1) is 11.6. The molecule has 0 spiro atoms. The molecule has 2 rings (SSSR count). The molecule has 1 aromatic carbocycles. The molecular weight excluding hydrogens is 330 g/mol. The molecule has 142 valence electrons. The van der Waals surface area contributed by atoms with Crippen molar-refractivity contribution in [3.8, 4) is 0 Å². The highest BCUT2D eigenvalue weighted by atomic mass is 28.4. The van der Waals surface area contributed by atoms with Crippen molar-refractivity contribution in [3.63, 3.8) is 0 Å². The number of hydrogen-bond acceptors (Lipinski definition) is 4. The van der Waals surface area contributed by atoms with Crippen molar-refractivity contribution >= 4 is 8.32 Å². The molecule has 0 aromatic heterocycles. The fourth-order valence-electron chi connectivity index (χ4n) is 2.73. The van der Waals surface area contributed by atoms with Crippen LogP contribution in [0.3, 0.4) is 0 Å². The van der Waals surface area contributed by atoms with E-state index in [2.05, 4.69) is 58.2 Å². The lowest BCUT2D eigenvalue weighted by Gasteiger charge is -2.43. The van der Waals surface area contributed by atoms with Gasteiger partial charge in [0.1, 0.15) is 0 Å². The van der Waals surface area contributed by atoms with Gasteiger partial charge in [0.2, 0.25) is 0 Å². The predicted molar refractivity (Wildman–Crippen MR) is 105 cm³/mol. The summed E-state index contributed by atoms with van der Waals surface area (Å²) in [7, 11) is -1.83. The first kappa shape index (κ1) is 20.6. The molecule has 5 heteroatoms. The zero-order valence-corrected chi connectivity index (χ0v) is 17.7. The van der Waals surface area contributed by atoms with Gasteiger partial charge in [-0.25, -0.2) is 0 Å². The van der Waals surface area contributed by atoms with Crippen LogP contribution in [0.15, 0.2) is 30.3 Å². The molecule has 1 aliphatic rings. The van der Waals surface area contributed by atoms with Crippen molar-refractivity contribution in [1.29, 1.82) is 0 Å². The molecule has 0 aliphatic carbocycles. The van der Waals surface area contributed by atoms with E-state index in [1.54, 1.807) is 0 Å². The van der Waals surface area contributed by atoms with Crippen molar-refractivity contribution in [2.45, 2.75) is 64.1 Å². The van der Waals surface area contributed by atoms with E-state index in [-0.39, 0.29) is 16.7 Å². The highest BCUT2D eigenvalue weighted by molar-refractivity contribution is 6.74. The van der Waals surface area contributed by atoms with Gasteiger partial charge in [-0.2, -0.15) is 0 Å². The number of rotatable bonds is 6. The van der Waals surface area contributed by atoms with Gasteiger partial charge >= 0.3 is 0 Å². The van der Waals surface area contributed by atoms with Crippen molar-refractivity contribution in [2.24, 2.45) is 0 Å². The van der Waals surface area contributed by atoms with Crippen LogP contribution in [-0.4, -0.2) is 46.3 Å². The second-order valence-electron chi connectivity index (χ2n) is 8.88. The quantitative estimate of drug-likeness (QED) is 0.774. The van der Waals surface area contributed by atoms with Gasteiger partial charge in [-0.1, -0.05) is 51.1 Å². The number of hydrogen-bond donors (Lipinski definition) is 1. The fraction of sp³-hybridized carbons (Fsp3) is 0.700. The third kappa shape index (κ3) is 6.18. The normalized spacial score (nSPS) is 25.6. The summed E-state index contributed by atoms with van der Waals surface area (Å²) in [5.41, 5.74) is 0.909. The number of benzene rings is 1. The minimum atomic E-state index is -1.83. The molecule has 0 unspecified atom stereocenters. The topological polar surface area (TPSA) is 39.7 Å². The Labute approximate surface area is 154 Å². The Morgan fingerprint density at radius 2 is 1.92 bits per heavy atom. The highest BCUT2D eigenvalue weighted by Gasteiger charge is 2.43. The lowest BCUT2D eigenvalue weighted by Crippen LogP contribution is -2.53. The Morgan fingerprint density at radius 1 is 1.24 bits per heavy atom. The van der Waals surface area contributed by atoms with Crippen LogP contribution in [0.2, 0.25) is 18.1 Å². The average Bonchev–Trinajstić information content (AvgIpc) is 2.69. The molecule has 25 heavy (non-hydrogen) atoms. The monoisotopic (exact) mass is 365 g/mol. The van der Waals surface area contributed by atoms with Gasteiger partial charge in [0, 0.05) is 13.1 Å². The van der Waals surface area contributed by atoms with Crippen molar-refractivity contribution in [1.82, 2.24) is 5.32 Å². The molecule has 1 saturated heterocycles. The van der Waals surface area contributed by atoms with E-state index in [4.69, 9.17) is 13.9 Å². The summed E-state index contributed by atoms with van der Waals surface area (Å²) < 4.78 is 18.6. The standard InChI is InChI=1S/C20H35NO3Si/c1-19(2,3)25(5,6)24-20(4)15-21-12-18(23-16-20)14-22-13-17-10-8-7-9-11-17/h7-11,18,21H,12-16H2,1-6H3/t18-,20-/m0/s1. The third-order valence-corrected chi connectivity index (χ3v) is 9.83. The van der Waals surface area contributed by atoms with Gasteiger partial charge in [0.05, 0.1) is 31.5 Å². The molecule has 0 radical (unpaired) electrons. The maximum absolute atomic E-state index is 6.64. The van der Waals surface area contributed by atoms with Gasteiger partial charge in [0.15, 0.2) is 8.32 Å². The molecule has 1 N–H and O–H groups in total. The van der Waals surface area contributed by atoms with Gasteiger partial charge in [0.25, 0.3) is 0 Å². The summed E-state index contributed by atoms with van der Waals surface area (Å²) in [5.74, 6) is 0. The van der Waals surface area contributed by atoms with E-state index in [9.17, 15) is 0 Å². The van der Waals surface area contributed by atoms with Crippen LogP contribution in [0.25, 0.3) is 0 Å². The maximum Gasteiger partial charge on any atom is 0.193 e. The largest absolute Gasteiger partial charge is 0.408 e. The summed E-state index contributed by atoms with van der Waals surface area (Å²) in [6.45, 7) is 17.0. The first-order valence-electron chi connectivity index (χ1n) is 9.25. The van der Waals surface area contributed by atoms with Crippen LogP contribution in [0, 0.1) is 0 Å². The van der Waals surface area contributed by atoms with Crippen LogP contribution in [-0.2, 0) is 20.5 Å². The SMILES string of the molecule is CC(C)(C)[Si](C)(C)O[C@@]1(C)CNC[C@@H](COCc2ccccc2)OC1. The van der Waals surface area contributed by atoms with Crippen LogP contribution >= 0.6 is 0 Å². The predicted octanol–water partition coefficient (Wildman–Crippen LogP) is 3.97. The molecule has 1 heterocycles. The van der Waals surface area contributed by atoms with Crippen LogP contribution in [0.5, 0.6) is 0 Å². The molecular formula is C20H35NO3Si. The maximum atomic E-state index is 6.64. The van der Waals surface area contributed by atoms with Crippen molar-refractivity contribution in [3.05, 3.63) is 35.9 Å². The van der Waals surface area contributed by atoms with E-state index < -0.39 is 8.32 Å². The Bertz CT molecular complexity index is 529. The molecule has 1 fully saturated rings. The first-order valence-corrected chi connectivity index (χ1v) is 12.2. The van der Waals surface area contributed by atoms with E-state index in [0.29, 0.717) is 19.8 Å². The Kier molecular flexibility index (Phi) is 6.85. The molecule has 1 aliphatic heterocycles. The van der Waals surface area contributed by atoms with Gasteiger partial charge in [-0.3, -0.25) is 0 Å². The Balaban J connectivity index is 1.82. The smallest absolute Gasteiger partial charge is 0.193 e. The zero-order valence-electron chi connectivity index (χ0n) is 16.7. The van der Waals surface area contributed by atoms with Crippen LogP contribution < -0.4 is 5.32 Å². The van der Waals surface area contributed by atoms with Gasteiger partial charge in [-0.05, 0) is 30.6 Å². The minimum Gasteiger partial charge on any atom is -0.408 e. The van der Waals surface area contributed by atoms with E-state index in [1.807, 2.05) is 18.2 Å². The number of ether oxygens (including phenoxy) is 2. The van der Waals surface area contributed by atoms with Crippen LogP contribution in [0.1, 0.15) is 33.3 Å². The summed E-state index contributed by atoms with van der Waals surface area (Å²) >= 11 is 0. The number of nitrogens with one attached hydrogen (secondary N) is 1. The van der Waals surface area contributed by atoms with Gasteiger partial charge < -0.3 is 19.2 Å². The summed E-state index contributed by atoms with van der Waals surface area (Å²) in [6.07, 6.45) is 0.0635. The second-order valence-corrected chi connectivity index (χ2v) is 13.6. The molecule has 2 atom stereocenters. The van der Waals surface area contributed by atoms with E-state index >= 15 is 0 Å². The summed E-state index contributed by atoms with van der Waals surface area (Å²) in [5, 5.41) is 3.70. The Hall–Kier alpha value is -0.723. The minimum absolute atomic E-state index is 0.0635. The van der Waals surface area contributed by atoms with E-state index in [0.717, 1.165) is 13.1 Å². The Morgan fingerprint density at radius 3 is 2.56 bits per heavy atom. The van der Waals surface area contributed by atoms with Gasteiger partial charge in [-0.15, -0.1) is 0 Å². The summed E-state index contributed by atoms with van der Waals surface area (Å²) in [4.78, 5) is 0. The molecule has 1 aromatic rings. The molecule has 0 amide bonds. The molecule has 0 bridgehead atoms.